The summed E-state index contributed by atoms with van der Waals surface area (Å²) >= 11 is 0. The fourth-order valence-electron chi connectivity index (χ4n) is 1.54. The lowest BCUT2D eigenvalue weighted by Crippen LogP contribution is -2.03. The fraction of sp³-hybridized carbons (Fsp3) is 0.417. The Balaban J connectivity index is 2.90. The molecule has 14 heavy (non-hydrogen) atoms. The fourth-order valence-corrected chi connectivity index (χ4v) is 1.54. The van der Waals surface area contributed by atoms with Crippen molar-refractivity contribution >= 4 is 6.29 Å². The largest absolute Gasteiger partial charge is 0.508 e. The normalized spacial score (nSPS) is 12.4. The van der Waals surface area contributed by atoms with Crippen molar-refractivity contribution in [3.63, 3.8) is 0 Å². The third-order valence-corrected chi connectivity index (χ3v) is 2.34. The summed E-state index contributed by atoms with van der Waals surface area (Å²) in [5.74, 6) is 0.342. The molecule has 0 aliphatic rings. The molecule has 1 rings (SSSR count). The molecule has 0 spiro atoms. The summed E-state index contributed by atoms with van der Waals surface area (Å²) in [7, 11) is 0. The molecule has 0 aromatic heterocycles. The molecule has 0 aliphatic carbocycles. The van der Waals surface area contributed by atoms with Gasteiger partial charge in [0.05, 0.1) is 0 Å². The van der Waals surface area contributed by atoms with Gasteiger partial charge < -0.3 is 9.90 Å². The van der Waals surface area contributed by atoms with Crippen molar-refractivity contribution in [2.75, 3.05) is 0 Å². The third-order valence-electron chi connectivity index (χ3n) is 2.34. The maximum atomic E-state index is 10.5. The molecule has 76 valence electrons. The summed E-state index contributed by atoms with van der Waals surface area (Å²) in [6.07, 6.45) is 2.61. The van der Waals surface area contributed by atoms with E-state index in [0.717, 1.165) is 30.3 Å². The van der Waals surface area contributed by atoms with Gasteiger partial charge in [-0.15, -0.1) is 0 Å². The summed E-state index contributed by atoms with van der Waals surface area (Å²) in [6.45, 7) is 3.95. The van der Waals surface area contributed by atoms with Gasteiger partial charge in [0.25, 0.3) is 0 Å². The number of phenols is 1. The zero-order valence-corrected chi connectivity index (χ0v) is 8.66. The van der Waals surface area contributed by atoms with Gasteiger partial charge in [-0.2, -0.15) is 0 Å². The van der Waals surface area contributed by atoms with Crippen molar-refractivity contribution in [3.05, 3.63) is 29.3 Å². The van der Waals surface area contributed by atoms with E-state index in [2.05, 4.69) is 0 Å². The van der Waals surface area contributed by atoms with Crippen LogP contribution in [0.5, 0.6) is 5.75 Å². The third kappa shape index (κ3) is 2.59. The Morgan fingerprint density at radius 3 is 2.71 bits per heavy atom. The highest BCUT2D eigenvalue weighted by Crippen LogP contribution is 2.19. The SMILES string of the molecule is CCc1cc(O)ccc1CC(C)C=O. The zero-order valence-electron chi connectivity index (χ0n) is 8.66. The second kappa shape index (κ2) is 4.80. The van der Waals surface area contributed by atoms with Gasteiger partial charge >= 0.3 is 0 Å². The number of rotatable bonds is 4. The predicted molar refractivity (Wildman–Crippen MR) is 56.4 cm³/mol. The van der Waals surface area contributed by atoms with Gasteiger partial charge in [0.1, 0.15) is 12.0 Å². The van der Waals surface area contributed by atoms with Gasteiger partial charge in [0.2, 0.25) is 0 Å². The molecule has 0 saturated heterocycles. The molecule has 1 aromatic rings. The minimum absolute atomic E-state index is 0.0462. The number of phenolic OH excluding ortho intramolecular Hbond substituents is 1. The maximum Gasteiger partial charge on any atom is 0.123 e. The van der Waals surface area contributed by atoms with Gasteiger partial charge in [0.15, 0.2) is 0 Å². The van der Waals surface area contributed by atoms with E-state index in [-0.39, 0.29) is 5.92 Å². The van der Waals surface area contributed by atoms with E-state index in [0.29, 0.717) is 5.75 Å². The minimum Gasteiger partial charge on any atom is -0.508 e. The number of carbonyl (C=O) groups is 1. The Morgan fingerprint density at radius 1 is 1.43 bits per heavy atom. The molecule has 0 aliphatic heterocycles. The quantitative estimate of drug-likeness (QED) is 0.743. The number of hydrogen-bond donors (Lipinski definition) is 1. The van der Waals surface area contributed by atoms with Gasteiger partial charge in [0, 0.05) is 5.92 Å². The van der Waals surface area contributed by atoms with Crippen molar-refractivity contribution in [2.24, 2.45) is 5.92 Å². The molecule has 0 amide bonds. The van der Waals surface area contributed by atoms with Crippen LogP contribution in [0.15, 0.2) is 18.2 Å². The van der Waals surface area contributed by atoms with Crippen molar-refractivity contribution in [1.29, 1.82) is 0 Å². The van der Waals surface area contributed by atoms with Crippen LogP contribution in [-0.4, -0.2) is 11.4 Å². The van der Waals surface area contributed by atoms with Crippen LogP contribution in [0.2, 0.25) is 0 Å². The lowest BCUT2D eigenvalue weighted by atomic mass is 9.96. The lowest BCUT2D eigenvalue weighted by Gasteiger charge is -2.09. The van der Waals surface area contributed by atoms with E-state index >= 15 is 0 Å². The molecule has 0 bridgehead atoms. The molecule has 1 aromatic carbocycles. The van der Waals surface area contributed by atoms with Crippen LogP contribution in [0.4, 0.5) is 0 Å². The Kier molecular flexibility index (Phi) is 3.69. The molecule has 0 fully saturated rings. The van der Waals surface area contributed by atoms with Crippen LogP contribution in [0.25, 0.3) is 0 Å². The highest BCUT2D eigenvalue weighted by Gasteiger charge is 2.06. The van der Waals surface area contributed by atoms with Gasteiger partial charge in [-0.3, -0.25) is 0 Å². The van der Waals surface area contributed by atoms with Crippen LogP contribution >= 0.6 is 0 Å². The topological polar surface area (TPSA) is 37.3 Å². The molecule has 0 radical (unpaired) electrons. The number of hydrogen-bond acceptors (Lipinski definition) is 2. The Hall–Kier alpha value is -1.31. The summed E-state index contributed by atoms with van der Waals surface area (Å²) in [6, 6.07) is 5.34. The van der Waals surface area contributed by atoms with E-state index in [1.165, 1.54) is 0 Å². The first-order valence-corrected chi connectivity index (χ1v) is 4.93. The van der Waals surface area contributed by atoms with Crippen LogP contribution in [0.1, 0.15) is 25.0 Å². The monoisotopic (exact) mass is 192 g/mol. The van der Waals surface area contributed by atoms with Gasteiger partial charge in [-0.25, -0.2) is 0 Å². The Bertz CT molecular complexity index is 318. The molecule has 2 nitrogen and oxygen atoms in total. The van der Waals surface area contributed by atoms with Crippen LogP contribution < -0.4 is 0 Å². The minimum atomic E-state index is 0.0462. The molecule has 2 heteroatoms. The number of benzene rings is 1. The highest BCUT2D eigenvalue weighted by atomic mass is 16.3. The van der Waals surface area contributed by atoms with E-state index < -0.39 is 0 Å². The number of carbonyl (C=O) groups excluding carboxylic acids is 1. The number of aromatic hydroxyl groups is 1. The molecular weight excluding hydrogens is 176 g/mol. The first-order chi connectivity index (χ1) is 6.67. The van der Waals surface area contributed by atoms with Gasteiger partial charge in [-0.1, -0.05) is 19.9 Å². The maximum absolute atomic E-state index is 10.5. The summed E-state index contributed by atoms with van der Waals surface area (Å²) < 4.78 is 0. The van der Waals surface area contributed by atoms with E-state index in [1.54, 1.807) is 12.1 Å². The second-order valence-corrected chi connectivity index (χ2v) is 3.62. The molecule has 1 N–H and O–H groups in total. The molecule has 1 unspecified atom stereocenters. The molecule has 0 saturated carbocycles. The lowest BCUT2D eigenvalue weighted by molar-refractivity contribution is -0.110. The molecule has 1 atom stereocenters. The Labute approximate surface area is 84.6 Å². The summed E-state index contributed by atoms with van der Waals surface area (Å²) in [5.41, 5.74) is 2.28. The van der Waals surface area contributed by atoms with Crippen molar-refractivity contribution in [1.82, 2.24) is 0 Å². The van der Waals surface area contributed by atoms with E-state index in [1.807, 2.05) is 19.9 Å². The standard InChI is InChI=1S/C12H16O2/c1-3-10-7-12(14)5-4-11(10)6-9(2)8-13/h4-5,7-9,14H,3,6H2,1-2H3. The zero-order chi connectivity index (χ0) is 10.6. The van der Waals surface area contributed by atoms with E-state index in [9.17, 15) is 9.90 Å². The number of aldehydes is 1. The first-order valence-electron chi connectivity index (χ1n) is 4.93. The van der Waals surface area contributed by atoms with E-state index in [4.69, 9.17) is 0 Å². The molecule has 0 heterocycles. The average Bonchev–Trinajstić information content (AvgIpc) is 2.20. The second-order valence-electron chi connectivity index (χ2n) is 3.62. The summed E-state index contributed by atoms with van der Waals surface area (Å²) in [5, 5.41) is 9.29. The smallest absolute Gasteiger partial charge is 0.123 e. The Morgan fingerprint density at radius 2 is 2.14 bits per heavy atom. The van der Waals surface area contributed by atoms with Crippen LogP contribution in [0, 0.1) is 5.92 Å². The van der Waals surface area contributed by atoms with Crippen molar-refractivity contribution in [2.45, 2.75) is 26.7 Å². The van der Waals surface area contributed by atoms with Gasteiger partial charge in [-0.05, 0) is 36.1 Å². The average molecular weight is 192 g/mol. The highest BCUT2D eigenvalue weighted by molar-refractivity contribution is 5.54. The van der Waals surface area contributed by atoms with Crippen LogP contribution in [0.3, 0.4) is 0 Å². The van der Waals surface area contributed by atoms with Crippen molar-refractivity contribution in [3.8, 4) is 5.75 Å². The molecular formula is C12H16O2. The summed E-state index contributed by atoms with van der Waals surface area (Å²) in [4.78, 5) is 10.5. The van der Waals surface area contributed by atoms with Crippen molar-refractivity contribution < 1.29 is 9.90 Å². The first kappa shape index (κ1) is 10.8. The van der Waals surface area contributed by atoms with Crippen LogP contribution in [-0.2, 0) is 17.6 Å². The predicted octanol–water partition coefficient (Wildman–Crippen LogP) is 2.33. The number of aryl methyl sites for hydroxylation is 1.